The van der Waals surface area contributed by atoms with Crippen LogP contribution in [0.5, 0.6) is 0 Å². The molecule has 0 spiro atoms. The van der Waals surface area contributed by atoms with Gasteiger partial charge in [0.25, 0.3) is 0 Å². The summed E-state index contributed by atoms with van der Waals surface area (Å²) in [4.78, 5) is 34.9. The second-order valence-corrected chi connectivity index (χ2v) is 10.7. The maximum atomic E-state index is 13.1. The van der Waals surface area contributed by atoms with E-state index in [1.165, 1.54) is 16.2 Å². The standard InChI is InChI=1S/C27H36N4O4S/c1-17(2)18(3)27(35)31-14-21(33)13-24(31)26(34)29-23(15-32)19-8-10-20(11-9-19)25-22(28-16-36-25)7-6-12-30(4)5/h8-11,16-18,21,23-24,32-33H,12-15H2,1-5H3,(H,29,34). The molecule has 1 saturated heterocycles. The molecule has 1 aromatic carbocycles. The monoisotopic (exact) mass is 512 g/mol. The number of β-amino-alcohol motifs (C(OH)–C–C–N with tert-alkyl or cyclic N) is 1. The first-order valence-electron chi connectivity index (χ1n) is 12.2. The number of amides is 2. The van der Waals surface area contributed by atoms with Gasteiger partial charge in [0, 0.05) is 18.9 Å². The summed E-state index contributed by atoms with van der Waals surface area (Å²) in [6.07, 6.45) is -0.562. The maximum Gasteiger partial charge on any atom is 0.243 e. The van der Waals surface area contributed by atoms with Crippen molar-refractivity contribution < 1.29 is 19.8 Å². The number of hydrogen-bond donors (Lipinski definition) is 3. The minimum Gasteiger partial charge on any atom is -0.394 e. The lowest BCUT2D eigenvalue weighted by atomic mass is 9.96. The van der Waals surface area contributed by atoms with Crippen LogP contribution in [0.3, 0.4) is 0 Å². The number of likely N-dealkylation sites (tertiary alicyclic amines) is 1. The minimum atomic E-state index is -0.762. The van der Waals surface area contributed by atoms with Gasteiger partial charge in [-0.25, -0.2) is 4.98 Å². The fourth-order valence-electron chi connectivity index (χ4n) is 4.04. The summed E-state index contributed by atoms with van der Waals surface area (Å²) in [7, 11) is 3.92. The summed E-state index contributed by atoms with van der Waals surface area (Å²) >= 11 is 1.51. The number of carbonyl (C=O) groups is 2. The van der Waals surface area contributed by atoms with E-state index in [2.05, 4.69) is 22.1 Å². The number of thiazole rings is 1. The van der Waals surface area contributed by atoms with Crippen LogP contribution in [0, 0.1) is 23.7 Å². The largest absolute Gasteiger partial charge is 0.394 e. The number of aliphatic hydroxyl groups excluding tert-OH is 2. The van der Waals surface area contributed by atoms with Gasteiger partial charge in [0.05, 0.1) is 35.7 Å². The molecule has 4 atom stereocenters. The Kier molecular flexibility index (Phi) is 9.63. The molecular formula is C27H36N4O4S. The average Bonchev–Trinajstić information content (AvgIpc) is 3.48. The Hall–Kier alpha value is -2.77. The van der Waals surface area contributed by atoms with Crippen LogP contribution >= 0.6 is 11.3 Å². The second kappa shape index (κ2) is 12.5. The number of aromatic nitrogens is 1. The van der Waals surface area contributed by atoms with Crippen molar-refractivity contribution in [2.75, 3.05) is 33.8 Å². The van der Waals surface area contributed by atoms with E-state index in [0.717, 1.165) is 21.7 Å². The van der Waals surface area contributed by atoms with E-state index in [1.54, 1.807) is 5.51 Å². The molecule has 1 aliphatic heterocycles. The normalized spacial score (nSPS) is 19.2. The summed E-state index contributed by atoms with van der Waals surface area (Å²) in [5.74, 6) is 5.58. The minimum absolute atomic E-state index is 0.126. The molecule has 1 aliphatic rings. The molecule has 0 radical (unpaired) electrons. The van der Waals surface area contributed by atoms with Gasteiger partial charge in [-0.2, -0.15) is 0 Å². The van der Waals surface area contributed by atoms with Crippen molar-refractivity contribution in [2.24, 2.45) is 11.8 Å². The molecule has 194 valence electrons. The predicted molar refractivity (Wildman–Crippen MR) is 141 cm³/mol. The van der Waals surface area contributed by atoms with Crippen molar-refractivity contribution in [3.05, 3.63) is 41.0 Å². The van der Waals surface area contributed by atoms with Crippen LogP contribution in [0.4, 0.5) is 0 Å². The van der Waals surface area contributed by atoms with Crippen molar-refractivity contribution in [3.8, 4) is 22.3 Å². The predicted octanol–water partition coefficient (Wildman–Crippen LogP) is 2.13. The SMILES string of the molecule is CC(C)C(C)C(=O)N1CC(O)CC1C(=O)NC(CO)c1ccc(-c2scnc2C#CCN(C)C)cc1. The average molecular weight is 513 g/mol. The molecule has 1 fully saturated rings. The molecule has 2 heterocycles. The molecule has 3 rings (SSSR count). The Morgan fingerprint density at radius 3 is 2.56 bits per heavy atom. The zero-order valence-corrected chi connectivity index (χ0v) is 22.4. The molecule has 8 nitrogen and oxygen atoms in total. The molecule has 1 aromatic heterocycles. The number of aliphatic hydroxyl groups is 2. The number of nitrogens with zero attached hydrogens (tertiary/aromatic N) is 3. The van der Waals surface area contributed by atoms with Gasteiger partial charge in [0.15, 0.2) is 0 Å². The van der Waals surface area contributed by atoms with E-state index in [9.17, 15) is 19.8 Å². The summed E-state index contributed by atoms with van der Waals surface area (Å²) in [6, 6.07) is 6.18. The van der Waals surface area contributed by atoms with Gasteiger partial charge in [-0.1, -0.05) is 51.0 Å². The van der Waals surface area contributed by atoms with Crippen LogP contribution in [0.2, 0.25) is 0 Å². The molecule has 0 saturated carbocycles. The Balaban J connectivity index is 1.72. The lowest BCUT2D eigenvalue weighted by molar-refractivity contribution is -0.142. The van der Waals surface area contributed by atoms with E-state index < -0.39 is 18.2 Å². The third kappa shape index (κ3) is 6.71. The third-order valence-corrected chi connectivity index (χ3v) is 7.37. The third-order valence-electron chi connectivity index (χ3n) is 6.50. The highest BCUT2D eigenvalue weighted by Crippen LogP contribution is 2.29. The van der Waals surface area contributed by atoms with Gasteiger partial charge in [-0.3, -0.25) is 14.5 Å². The van der Waals surface area contributed by atoms with Gasteiger partial charge < -0.3 is 20.4 Å². The second-order valence-electron chi connectivity index (χ2n) is 9.86. The summed E-state index contributed by atoms with van der Waals surface area (Å²) in [6.45, 7) is 6.25. The number of hydrogen-bond acceptors (Lipinski definition) is 7. The lowest BCUT2D eigenvalue weighted by Crippen LogP contribution is -2.49. The first-order chi connectivity index (χ1) is 17.1. The number of benzene rings is 1. The summed E-state index contributed by atoms with van der Waals surface area (Å²) < 4.78 is 0. The Morgan fingerprint density at radius 1 is 1.25 bits per heavy atom. The molecule has 3 N–H and O–H groups in total. The molecule has 36 heavy (non-hydrogen) atoms. The topological polar surface area (TPSA) is 106 Å². The van der Waals surface area contributed by atoms with Crippen LogP contribution in [-0.2, 0) is 9.59 Å². The van der Waals surface area contributed by atoms with Crippen molar-refractivity contribution >= 4 is 23.2 Å². The lowest BCUT2D eigenvalue weighted by Gasteiger charge is -2.29. The number of rotatable bonds is 8. The Morgan fingerprint density at radius 2 is 1.94 bits per heavy atom. The van der Waals surface area contributed by atoms with Gasteiger partial charge in [0.2, 0.25) is 11.8 Å². The van der Waals surface area contributed by atoms with E-state index >= 15 is 0 Å². The molecule has 2 amide bonds. The first kappa shape index (κ1) is 27.8. The molecule has 2 aromatic rings. The smallest absolute Gasteiger partial charge is 0.243 e. The fourth-order valence-corrected chi connectivity index (χ4v) is 4.79. The van der Waals surface area contributed by atoms with Crippen molar-refractivity contribution in [3.63, 3.8) is 0 Å². The molecule has 0 bridgehead atoms. The van der Waals surface area contributed by atoms with Crippen LogP contribution in [0.1, 0.15) is 44.5 Å². The van der Waals surface area contributed by atoms with Crippen molar-refractivity contribution in [1.82, 2.24) is 20.1 Å². The molecule has 4 unspecified atom stereocenters. The molecular weight excluding hydrogens is 476 g/mol. The van der Waals surface area contributed by atoms with E-state index in [1.807, 2.05) is 64.0 Å². The van der Waals surface area contributed by atoms with Crippen molar-refractivity contribution in [1.29, 1.82) is 0 Å². The zero-order valence-electron chi connectivity index (χ0n) is 21.6. The maximum absolute atomic E-state index is 13.1. The number of nitrogens with one attached hydrogen (secondary N) is 1. The molecule has 9 heteroatoms. The summed E-state index contributed by atoms with van der Waals surface area (Å²) in [5.41, 5.74) is 4.19. The summed E-state index contributed by atoms with van der Waals surface area (Å²) in [5, 5.41) is 23.1. The quantitative estimate of drug-likeness (QED) is 0.468. The fraction of sp³-hybridized carbons (Fsp3) is 0.519. The molecule has 0 aliphatic carbocycles. The van der Waals surface area contributed by atoms with Gasteiger partial charge >= 0.3 is 0 Å². The highest BCUT2D eigenvalue weighted by Gasteiger charge is 2.41. The van der Waals surface area contributed by atoms with Crippen LogP contribution in [0.15, 0.2) is 29.8 Å². The van der Waals surface area contributed by atoms with Gasteiger partial charge in [0.1, 0.15) is 11.7 Å². The zero-order chi connectivity index (χ0) is 26.4. The first-order valence-corrected chi connectivity index (χ1v) is 13.1. The van der Waals surface area contributed by atoms with E-state index in [4.69, 9.17) is 0 Å². The van der Waals surface area contributed by atoms with Gasteiger partial charge in [-0.05, 0) is 37.1 Å². The van der Waals surface area contributed by atoms with E-state index in [0.29, 0.717) is 6.54 Å². The van der Waals surface area contributed by atoms with E-state index in [-0.39, 0.29) is 43.2 Å². The number of carbonyl (C=O) groups excluding carboxylic acids is 2. The van der Waals surface area contributed by atoms with Crippen LogP contribution in [0.25, 0.3) is 10.4 Å². The van der Waals surface area contributed by atoms with Crippen LogP contribution in [-0.4, -0.2) is 82.7 Å². The van der Waals surface area contributed by atoms with Gasteiger partial charge in [-0.15, -0.1) is 11.3 Å². The van der Waals surface area contributed by atoms with Crippen LogP contribution < -0.4 is 5.32 Å². The highest BCUT2D eigenvalue weighted by molar-refractivity contribution is 7.13. The Labute approximate surface area is 217 Å². The Bertz CT molecular complexity index is 1100. The highest BCUT2D eigenvalue weighted by atomic mass is 32.1. The van der Waals surface area contributed by atoms with Crippen molar-refractivity contribution in [2.45, 2.75) is 45.4 Å².